The number of benzene rings is 1. The summed E-state index contributed by atoms with van der Waals surface area (Å²) in [4.78, 5) is 2.36. The Kier molecular flexibility index (Phi) is 2.91. The van der Waals surface area contributed by atoms with E-state index in [0.717, 1.165) is 6.54 Å². The molecule has 1 heterocycles. The Morgan fingerprint density at radius 2 is 2.27 bits per heavy atom. The van der Waals surface area contributed by atoms with Crippen molar-refractivity contribution in [2.24, 2.45) is 0 Å². The van der Waals surface area contributed by atoms with Crippen LogP contribution in [-0.2, 0) is 6.42 Å². The van der Waals surface area contributed by atoms with E-state index in [2.05, 4.69) is 42.2 Å². The number of para-hydroxylation sites is 1. The van der Waals surface area contributed by atoms with Crippen molar-refractivity contribution in [1.82, 2.24) is 0 Å². The molecular formula is C13H16N2. The van der Waals surface area contributed by atoms with Crippen LogP contribution in [0.4, 0.5) is 5.69 Å². The number of nitrogens with zero attached hydrogens (tertiary/aromatic N) is 2. The zero-order valence-electron chi connectivity index (χ0n) is 9.11. The summed E-state index contributed by atoms with van der Waals surface area (Å²) in [6, 6.07) is 11.1. The molecule has 0 spiro atoms. The number of aryl methyl sites for hydroxylation is 1. The SMILES string of the molecule is CC(CC#N)N1CCCc2ccccc21. The molecule has 0 radical (unpaired) electrons. The van der Waals surface area contributed by atoms with E-state index in [0.29, 0.717) is 12.5 Å². The second kappa shape index (κ2) is 4.35. The molecule has 2 rings (SSSR count). The van der Waals surface area contributed by atoms with E-state index in [1.54, 1.807) is 0 Å². The van der Waals surface area contributed by atoms with Gasteiger partial charge in [-0.25, -0.2) is 0 Å². The van der Waals surface area contributed by atoms with Gasteiger partial charge in [0.2, 0.25) is 0 Å². The van der Waals surface area contributed by atoms with Crippen molar-refractivity contribution in [3.05, 3.63) is 29.8 Å². The monoisotopic (exact) mass is 200 g/mol. The minimum absolute atomic E-state index is 0.330. The Morgan fingerprint density at radius 3 is 3.07 bits per heavy atom. The molecule has 15 heavy (non-hydrogen) atoms. The molecule has 0 aromatic heterocycles. The number of nitriles is 1. The van der Waals surface area contributed by atoms with Gasteiger partial charge < -0.3 is 4.90 Å². The third-order valence-electron chi connectivity index (χ3n) is 3.06. The van der Waals surface area contributed by atoms with Crippen LogP contribution in [0.3, 0.4) is 0 Å². The van der Waals surface area contributed by atoms with Gasteiger partial charge in [-0.05, 0) is 31.4 Å². The smallest absolute Gasteiger partial charge is 0.0643 e. The van der Waals surface area contributed by atoms with Crippen molar-refractivity contribution >= 4 is 5.69 Å². The first-order valence-electron chi connectivity index (χ1n) is 5.54. The van der Waals surface area contributed by atoms with Crippen molar-refractivity contribution in [2.45, 2.75) is 32.2 Å². The van der Waals surface area contributed by atoms with Crippen molar-refractivity contribution in [2.75, 3.05) is 11.4 Å². The Bertz CT molecular complexity index is 378. The average Bonchev–Trinajstić information content (AvgIpc) is 2.28. The summed E-state index contributed by atoms with van der Waals surface area (Å²) in [5, 5.41) is 8.74. The number of hydrogen-bond acceptors (Lipinski definition) is 2. The summed E-state index contributed by atoms with van der Waals surface area (Å²) in [6.45, 7) is 3.21. The van der Waals surface area contributed by atoms with E-state index < -0.39 is 0 Å². The van der Waals surface area contributed by atoms with Gasteiger partial charge >= 0.3 is 0 Å². The predicted octanol–water partition coefficient (Wildman–Crippen LogP) is 2.74. The summed E-state index contributed by atoms with van der Waals surface area (Å²) < 4.78 is 0. The topological polar surface area (TPSA) is 27.0 Å². The maximum atomic E-state index is 8.74. The third-order valence-corrected chi connectivity index (χ3v) is 3.06. The van der Waals surface area contributed by atoms with Gasteiger partial charge in [-0.3, -0.25) is 0 Å². The zero-order valence-corrected chi connectivity index (χ0v) is 9.11. The molecule has 0 bridgehead atoms. The Hall–Kier alpha value is -1.49. The Labute approximate surface area is 91.1 Å². The summed E-state index contributed by atoms with van der Waals surface area (Å²) in [5.41, 5.74) is 2.75. The van der Waals surface area contributed by atoms with Crippen LogP contribution in [0.25, 0.3) is 0 Å². The molecule has 0 N–H and O–H groups in total. The lowest BCUT2D eigenvalue weighted by Gasteiger charge is -2.35. The normalized spacial score (nSPS) is 16.7. The molecule has 1 aliphatic heterocycles. The highest BCUT2D eigenvalue weighted by atomic mass is 15.2. The van der Waals surface area contributed by atoms with Gasteiger partial charge in [0.1, 0.15) is 0 Å². The first kappa shape index (κ1) is 10.0. The number of anilines is 1. The van der Waals surface area contributed by atoms with Gasteiger partial charge in [-0.2, -0.15) is 5.26 Å². The van der Waals surface area contributed by atoms with Gasteiger partial charge in [-0.15, -0.1) is 0 Å². The summed E-state index contributed by atoms with van der Waals surface area (Å²) in [5.74, 6) is 0. The molecule has 1 aromatic rings. The highest BCUT2D eigenvalue weighted by Gasteiger charge is 2.20. The summed E-state index contributed by atoms with van der Waals surface area (Å²) in [6.07, 6.45) is 2.98. The molecule has 2 nitrogen and oxygen atoms in total. The van der Waals surface area contributed by atoms with E-state index in [1.807, 2.05) is 0 Å². The standard InChI is InChI=1S/C13H16N2/c1-11(8-9-14)15-10-4-6-12-5-2-3-7-13(12)15/h2-3,5,7,11H,4,6,8,10H2,1H3. The minimum Gasteiger partial charge on any atom is -0.368 e. The van der Waals surface area contributed by atoms with E-state index in [1.165, 1.54) is 24.1 Å². The van der Waals surface area contributed by atoms with Gasteiger partial charge in [0.25, 0.3) is 0 Å². The van der Waals surface area contributed by atoms with Crippen LogP contribution in [-0.4, -0.2) is 12.6 Å². The molecule has 1 aliphatic rings. The van der Waals surface area contributed by atoms with Crippen molar-refractivity contribution in [3.8, 4) is 6.07 Å². The molecule has 0 fully saturated rings. The number of hydrogen-bond donors (Lipinski definition) is 0. The van der Waals surface area contributed by atoms with Crippen molar-refractivity contribution in [3.63, 3.8) is 0 Å². The molecule has 1 atom stereocenters. The van der Waals surface area contributed by atoms with Crippen LogP contribution in [0.1, 0.15) is 25.3 Å². The molecule has 0 saturated carbocycles. The second-order valence-corrected chi connectivity index (χ2v) is 4.14. The maximum absolute atomic E-state index is 8.74. The zero-order chi connectivity index (χ0) is 10.7. The second-order valence-electron chi connectivity index (χ2n) is 4.14. The molecule has 0 amide bonds. The van der Waals surface area contributed by atoms with Gasteiger partial charge in [0, 0.05) is 18.3 Å². The van der Waals surface area contributed by atoms with Crippen LogP contribution in [0.2, 0.25) is 0 Å². The van der Waals surface area contributed by atoms with Crippen molar-refractivity contribution in [1.29, 1.82) is 5.26 Å². The lowest BCUT2D eigenvalue weighted by Crippen LogP contribution is -2.36. The average molecular weight is 200 g/mol. The van der Waals surface area contributed by atoms with Crippen LogP contribution in [0.5, 0.6) is 0 Å². The molecule has 2 heteroatoms. The van der Waals surface area contributed by atoms with Crippen LogP contribution in [0, 0.1) is 11.3 Å². The highest BCUT2D eigenvalue weighted by molar-refractivity contribution is 5.56. The van der Waals surface area contributed by atoms with Crippen molar-refractivity contribution < 1.29 is 0 Å². The fourth-order valence-corrected chi connectivity index (χ4v) is 2.26. The van der Waals surface area contributed by atoms with Crippen LogP contribution < -0.4 is 4.90 Å². The Morgan fingerprint density at radius 1 is 1.47 bits per heavy atom. The number of fused-ring (bicyclic) bond motifs is 1. The molecule has 0 aliphatic carbocycles. The first-order chi connectivity index (χ1) is 7.33. The van der Waals surface area contributed by atoms with Gasteiger partial charge in [0.15, 0.2) is 0 Å². The van der Waals surface area contributed by atoms with E-state index in [9.17, 15) is 0 Å². The third kappa shape index (κ3) is 1.97. The first-order valence-corrected chi connectivity index (χ1v) is 5.54. The lowest BCUT2D eigenvalue weighted by atomic mass is 10.00. The van der Waals surface area contributed by atoms with E-state index >= 15 is 0 Å². The van der Waals surface area contributed by atoms with E-state index in [4.69, 9.17) is 5.26 Å². The summed E-state index contributed by atoms with van der Waals surface area (Å²) in [7, 11) is 0. The van der Waals surface area contributed by atoms with E-state index in [-0.39, 0.29) is 0 Å². The quantitative estimate of drug-likeness (QED) is 0.734. The Balaban J connectivity index is 2.26. The van der Waals surface area contributed by atoms with Crippen LogP contribution >= 0.6 is 0 Å². The highest BCUT2D eigenvalue weighted by Crippen LogP contribution is 2.28. The van der Waals surface area contributed by atoms with Crippen LogP contribution in [0.15, 0.2) is 24.3 Å². The fourth-order valence-electron chi connectivity index (χ4n) is 2.26. The molecule has 0 saturated heterocycles. The molecule has 1 unspecified atom stereocenters. The lowest BCUT2D eigenvalue weighted by molar-refractivity contribution is 0.600. The molecule has 1 aromatic carbocycles. The van der Waals surface area contributed by atoms with Gasteiger partial charge in [0.05, 0.1) is 12.5 Å². The molecule has 78 valence electrons. The maximum Gasteiger partial charge on any atom is 0.0643 e. The largest absolute Gasteiger partial charge is 0.368 e. The fraction of sp³-hybridized carbons (Fsp3) is 0.462. The summed E-state index contributed by atoms with van der Waals surface area (Å²) >= 11 is 0. The van der Waals surface area contributed by atoms with Gasteiger partial charge in [-0.1, -0.05) is 18.2 Å². The predicted molar refractivity (Wildman–Crippen MR) is 61.8 cm³/mol. The molecular weight excluding hydrogens is 184 g/mol. The number of rotatable bonds is 2. The minimum atomic E-state index is 0.330.